The van der Waals surface area contributed by atoms with Gasteiger partial charge >= 0.3 is 0 Å². The molecule has 1 atom stereocenters. The van der Waals surface area contributed by atoms with E-state index in [4.69, 9.17) is 0 Å². The molecule has 8 nitrogen and oxygen atoms in total. The number of hydrogen-bond acceptors (Lipinski definition) is 8. The van der Waals surface area contributed by atoms with Gasteiger partial charge < -0.3 is 15.5 Å². The number of likely N-dealkylation sites (N-methyl/N-ethyl adjacent to an activating group) is 1. The third kappa shape index (κ3) is 7.32. The van der Waals surface area contributed by atoms with Crippen molar-refractivity contribution in [1.29, 1.82) is 0 Å². The van der Waals surface area contributed by atoms with E-state index in [0.717, 1.165) is 54.3 Å². The van der Waals surface area contributed by atoms with E-state index in [1.54, 1.807) is 24.4 Å². The van der Waals surface area contributed by atoms with Crippen LogP contribution in [0, 0.1) is 5.82 Å². The Bertz CT molecular complexity index is 1220. The van der Waals surface area contributed by atoms with Crippen molar-refractivity contribution in [2.24, 2.45) is 0 Å². The Morgan fingerprint density at radius 2 is 2.06 bits per heavy atom. The van der Waals surface area contributed by atoms with E-state index in [1.807, 2.05) is 26.0 Å². The van der Waals surface area contributed by atoms with Crippen LogP contribution in [0.4, 0.5) is 10.3 Å². The van der Waals surface area contributed by atoms with Crippen LogP contribution < -0.4 is 15.5 Å². The van der Waals surface area contributed by atoms with Crippen LogP contribution >= 0.6 is 11.8 Å². The highest BCUT2D eigenvalue weighted by molar-refractivity contribution is 8.16. The number of halogens is 1. The number of nitrogens with zero attached hydrogens (tertiary/aromatic N) is 4. The molecule has 190 valence electrons. The Balaban J connectivity index is 0.00000176. The number of thioether (sulfide) groups is 1. The van der Waals surface area contributed by atoms with Gasteiger partial charge in [-0.2, -0.15) is 0 Å². The van der Waals surface area contributed by atoms with Gasteiger partial charge in [0.25, 0.3) is 5.91 Å². The third-order valence-electron chi connectivity index (χ3n) is 5.55. The fourth-order valence-electron chi connectivity index (χ4n) is 3.87. The molecule has 10 heteroatoms. The molecule has 1 fully saturated rings. The maximum Gasteiger partial charge on any atom is 0.257 e. The summed E-state index contributed by atoms with van der Waals surface area (Å²) in [7, 11) is 1.51. The minimum absolute atomic E-state index is 0.231. The van der Waals surface area contributed by atoms with Gasteiger partial charge in [-0.15, -0.1) is 0 Å². The molecule has 1 aliphatic rings. The van der Waals surface area contributed by atoms with Crippen LogP contribution in [0.2, 0.25) is 0 Å². The van der Waals surface area contributed by atoms with Gasteiger partial charge in [0, 0.05) is 44.3 Å². The molecular weight excluding hydrogens is 479 g/mol. The van der Waals surface area contributed by atoms with Crippen molar-refractivity contribution in [3.63, 3.8) is 0 Å². The summed E-state index contributed by atoms with van der Waals surface area (Å²) < 4.78 is 13.4. The highest BCUT2D eigenvalue weighted by Crippen LogP contribution is 2.20. The predicted octanol–water partition coefficient (Wildman–Crippen LogP) is 3.96. The van der Waals surface area contributed by atoms with E-state index >= 15 is 0 Å². The number of aromatic nitrogens is 3. The molecule has 0 bridgehead atoms. The molecular formula is C26H31FN6O2S. The second-order valence-corrected chi connectivity index (χ2v) is 8.76. The highest BCUT2D eigenvalue weighted by atomic mass is 32.2. The summed E-state index contributed by atoms with van der Waals surface area (Å²) in [6, 6.07) is 10.3. The van der Waals surface area contributed by atoms with Crippen molar-refractivity contribution in [2.45, 2.75) is 39.3 Å². The van der Waals surface area contributed by atoms with Gasteiger partial charge in [0.1, 0.15) is 5.82 Å². The van der Waals surface area contributed by atoms with Gasteiger partial charge in [0.05, 0.1) is 21.8 Å². The minimum atomic E-state index is -0.341. The summed E-state index contributed by atoms with van der Waals surface area (Å²) >= 11 is 0.812. The van der Waals surface area contributed by atoms with Gasteiger partial charge in [-0.1, -0.05) is 19.9 Å². The standard InChI is InChI=1S/C24H25FN6O2S.C2H6/c1-26-23(33)22(34-15-32)12-18-8-9-27-24(30-18)31-10-2-3-20(14-31)28-13-19-6-4-16-11-17(25)5-7-21(16)29-19;1-2/h4-9,11-12,15,20,28H,2-3,10,13-14H2,1H3,(H,26,33);1-2H3/b22-12-;. The minimum Gasteiger partial charge on any atom is -0.355 e. The molecule has 1 aromatic carbocycles. The first kappa shape index (κ1) is 27.2. The fraction of sp³-hybridized carbons (Fsp3) is 0.346. The van der Waals surface area contributed by atoms with Crippen LogP contribution in [0.3, 0.4) is 0 Å². The van der Waals surface area contributed by atoms with E-state index in [2.05, 4.69) is 30.5 Å². The van der Waals surface area contributed by atoms with Crippen LogP contribution in [-0.2, 0) is 16.1 Å². The van der Waals surface area contributed by atoms with Gasteiger partial charge in [0.2, 0.25) is 5.95 Å². The van der Waals surface area contributed by atoms with Crippen molar-refractivity contribution >= 4 is 46.2 Å². The SMILES string of the molecule is CC.CNC(=O)/C(=C/c1ccnc(N2CCCC(NCc3ccc4cc(F)ccc4n3)C2)n1)SC=O. The molecule has 1 unspecified atom stereocenters. The number of anilines is 1. The zero-order chi connectivity index (χ0) is 25.9. The lowest BCUT2D eigenvalue weighted by molar-refractivity contribution is -0.116. The smallest absolute Gasteiger partial charge is 0.257 e. The molecule has 3 heterocycles. The van der Waals surface area contributed by atoms with Crippen molar-refractivity contribution in [2.75, 3.05) is 25.0 Å². The number of pyridine rings is 1. The normalized spacial score (nSPS) is 15.7. The Labute approximate surface area is 214 Å². The molecule has 4 rings (SSSR count). The topological polar surface area (TPSA) is 100 Å². The van der Waals surface area contributed by atoms with Crippen molar-refractivity contribution < 1.29 is 14.0 Å². The van der Waals surface area contributed by atoms with Crippen LogP contribution in [0.25, 0.3) is 17.0 Å². The van der Waals surface area contributed by atoms with Crippen LogP contribution in [0.1, 0.15) is 38.1 Å². The number of benzene rings is 1. The van der Waals surface area contributed by atoms with Crippen molar-refractivity contribution in [1.82, 2.24) is 25.6 Å². The van der Waals surface area contributed by atoms with E-state index < -0.39 is 0 Å². The first-order chi connectivity index (χ1) is 17.6. The average Bonchev–Trinajstić information content (AvgIpc) is 2.92. The van der Waals surface area contributed by atoms with Crippen LogP contribution in [-0.4, -0.2) is 52.7 Å². The third-order valence-corrected chi connectivity index (χ3v) is 6.21. The largest absolute Gasteiger partial charge is 0.355 e. The molecule has 36 heavy (non-hydrogen) atoms. The molecule has 1 aliphatic heterocycles. The van der Waals surface area contributed by atoms with Crippen LogP contribution in [0.5, 0.6) is 0 Å². The lowest BCUT2D eigenvalue weighted by Crippen LogP contribution is -2.46. The number of hydrogen-bond donors (Lipinski definition) is 2. The molecule has 3 aromatic rings. The Morgan fingerprint density at radius 1 is 1.22 bits per heavy atom. The quantitative estimate of drug-likeness (QED) is 0.347. The van der Waals surface area contributed by atoms with E-state index in [9.17, 15) is 14.0 Å². The lowest BCUT2D eigenvalue weighted by atomic mass is 10.1. The zero-order valence-corrected chi connectivity index (χ0v) is 21.5. The molecule has 0 radical (unpaired) electrons. The number of amides is 1. The molecule has 2 N–H and O–H groups in total. The summed E-state index contributed by atoms with van der Waals surface area (Å²) in [6.45, 7) is 6.17. The van der Waals surface area contributed by atoms with Gasteiger partial charge in [-0.25, -0.2) is 14.4 Å². The summed E-state index contributed by atoms with van der Waals surface area (Å²) in [5.74, 6) is -0.0259. The number of carbonyl (C=O) groups excluding carboxylic acids is 2. The van der Waals surface area contributed by atoms with E-state index in [1.165, 1.54) is 19.2 Å². The lowest BCUT2D eigenvalue weighted by Gasteiger charge is -2.33. The first-order valence-corrected chi connectivity index (χ1v) is 12.8. The number of carbonyl (C=O) groups is 2. The molecule has 0 saturated carbocycles. The predicted molar refractivity (Wildman–Crippen MR) is 144 cm³/mol. The number of nitrogens with one attached hydrogen (secondary N) is 2. The zero-order valence-electron chi connectivity index (χ0n) is 20.7. The average molecular weight is 511 g/mol. The summed E-state index contributed by atoms with van der Waals surface area (Å²) in [4.78, 5) is 38.9. The Hall–Kier alpha value is -3.37. The maximum atomic E-state index is 13.4. The summed E-state index contributed by atoms with van der Waals surface area (Å²) in [6.07, 6.45) is 5.24. The number of fused-ring (bicyclic) bond motifs is 1. The monoisotopic (exact) mass is 510 g/mol. The highest BCUT2D eigenvalue weighted by Gasteiger charge is 2.22. The number of piperidine rings is 1. The van der Waals surface area contributed by atoms with Crippen molar-refractivity contribution in [3.8, 4) is 0 Å². The van der Waals surface area contributed by atoms with Gasteiger partial charge in [0.15, 0.2) is 5.62 Å². The molecule has 1 amide bonds. The van der Waals surface area contributed by atoms with Gasteiger partial charge in [-0.3, -0.25) is 14.6 Å². The number of rotatable bonds is 8. The molecule has 0 aliphatic carbocycles. The van der Waals surface area contributed by atoms with Crippen molar-refractivity contribution in [3.05, 3.63) is 64.7 Å². The fourth-order valence-corrected chi connectivity index (χ4v) is 4.37. The van der Waals surface area contributed by atoms with Crippen LogP contribution in [0.15, 0.2) is 47.5 Å². The van der Waals surface area contributed by atoms with E-state index in [-0.39, 0.29) is 22.7 Å². The van der Waals surface area contributed by atoms with Gasteiger partial charge in [-0.05, 0) is 61.0 Å². The second kappa shape index (κ2) is 13.6. The van der Waals surface area contributed by atoms with E-state index in [0.29, 0.717) is 23.8 Å². The molecule has 2 aromatic heterocycles. The second-order valence-electron chi connectivity index (χ2n) is 7.89. The summed E-state index contributed by atoms with van der Waals surface area (Å²) in [5.41, 5.74) is 2.85. The Kier molecular flexibility index (Phi) is 10.3. The molecule has 0 spiro atoms. The Morgan fingerprint density at radius 3 is 2.83 bits per heavy atom. The maximum absolute atomic E-state index is 13.4. The first-order valence-electron chi connectivity index (χ1n) is 12.0. The molecule has 1 saturated heterocycles. The summed E-state index contributed by atoms with van der Waals surface area (Å²) in [5, 5.41) is 6.86.